The molecule has 2 heterocycles. The fraction of sp³-hybridized carbons (Fsp3) is 0.692. The summed E-state index contributed by atoms with van der Waals surface area (Å²) >= 11 is 0. The molecule has 0 radical (unpaired) electrons. The smallest absolute Gasteiger partial charge is 0.117 e. The summed E-state index contributed by atoms with van der Waals surface area (Å²) in [6.45, 7) is 1.75. The van der Waals surface area contributed by atoms with E-state index in [1.165, 1.54) is 25.7 Å². The zero-order chi connectivity index (χ0) is 10.8. The van der Waals surface area contributed by atoms with Crippen LogP contribution >= 0.6 is 0 Å². The van der Waals surface area contributed by atoms with Crippen LogP contribution in [0.4, 0.5) is 0 Å². The number of hydrogen-bond donors (Lipinski definition) is 1. The molecule has 2 fully saturated rings. The van der Waals surface area contributed by atoms with Crippen molar-refractivity contribution >= 4 is 0 Å². The molecule has 1 saturated heterocycles. The van der Waals surface area contributed by atoms with Gasteiger partial charge >= 0.3 is 0 Å². The summed E-state index contributed by atoms with van der Waals surface area (Å²) in [4.78, 5) is 0. The third kappa shape index (κ3) is 2.02. The Morgan fingerprint density at radius 2 is 2.38 bits per heavy atom. The maximum absolute atomic E-state index is 5.91. The lowest BCUT2D eigenvalue weighted by Crippen LogP contribution is -2.50. The molecule has 0 aromatic carbocycles. The van der Waals surface area contributed by atoms with Crippen LogP contribution in [0.25, 0.3) is 0 Å². The maximum atomic E-state index is 5.91. The number of rotatable bonds is 3. The Morgan fingerprint density at radius 3 is 3.06 bits per heavy atom. The lowest BCUT2D eigenvalue weighted by atomic mass is 9.74. The maximum Gasteiger partial charge on any atom is 0.117 e. The molecule has 16 heavy (non-hydrogen) atoms. The van der Waals surface area contributed by atoms with Gasteiger partial charge in [0.25, 0.3) is 0 Å². The number of furan rings is 1. The zero-order valence-electron chi connectivity index (χ0n) is 9.58. The molecule has 3 rings (SSSR count). The highest BCUT2D eigenvalue weighted by atomic mass is 16.5. The van der Waals surface area contributed by atoms with E-state index in [-0.39, 0.29) is 5.60 Å². The van der Waals surface area contributed by atoms with Crippen molar-refractivity contribution in [3.05, 3.63) is 24.2 Å². The van der Waals surface area contributed by atoms with Crippen molar-refractivity contribution in [1.82, 2.24) is 5.32 Å². The van der Waals surface area contributed by atoms with Gasteiger partial charge in [0.15, 0.2) is 0 Å². The van der Waals surface area contributed by atoms with Gasteiger partial charge in [-0.15, -0.1) is 0 Å². The molecule has 1 N–H and O–H groups in total. The van der Waals surface area contributed by atoms with E-state index in [4.69, 9.17) is 9.15 Å². The van der Waals surface area contributed by atoms with Crippen LogP contribution in [-0.2, 0) is 11.3 Å². The van der Waals surface area contributed by atoms with Crippen molar-refractivity contribution in [2.75, 3.05) is 6.61 Å². The van der Waals surface area contributed by atoms with Gasteiger partial charge < -0.3 is 14.5 Å². The first-order valence-corrected chi connectivity index (χ1v) is 6.26. The largest absolute Gasteiger partial charge is 0.468 e. The Morgan fingerprint density at radius 1 is 1.44 bits per heavy atom. The minimum atomic E-state index is 0.235. The van der Waals surface area contributed by atoms with Gasteiger partial charge in [-0.25, -0.2) is 0 Å². The Kier molecular flexibility index (Phi) is 2.74. The molecule has 1 saturated carbocycles. The van der Waals surface area contributed by atoms with E-state index >= 15 is 0 Å². The Balaban J connectivity index is 1.51. The van der Waals surface area contributed by atoms with E-state index in [9.17, 15) is 0 Å². The Hall–Kier alpha value is -0.800. The molecule has 1 aliphatic carbocycles. The summed E-state index contributed by atoms with van der Waals surface area (Å²) in [6, 6.07) is 4.55. The predicted molar refractivity (Wildman–Crippen MR) is 61.1 cm³/mol. The molecular weight excluding hydrogens is 202 g/mol. The van der Waals surface area contributed by atoms with Crippen LogP contribution in [0.2, 0.25) is 0 Å². The molecule has 3 heteroatoms. The highest BCUT2D eigenvalue weighted by Gasteiger charge is 2.42. The van der Waals surface area contributed by atoms with Crippen molar-refractivity contribution in [3.8, 4) is 0 Å². The van der Waals surface area contributed by atoms with Crippen molar-refractivity contribution < 1.29 is 9.15 Å². The van der Waals surface area contributed by atoms with E-state index in [0.717, 1.165) is 25.3 Å². The minimum absolute atomic E-state index is 0.235. The third-order valence-electron chi connectivity index (χ3n) is 3.90. The van der Waals surface area contributed by atoms with Gasteiger partial charge in [0.2, 0.25) is 0 Å². The Bertz CT molecular complexity index is 330. The molecule has 3 nitrogen and oxygen atoms in total. The second-order valence-corrected chi connectivity index (χ2v) is 5.04. The number of ether oxygens (including phenoxy) is 1. The van der Waals surface area contributed by atoms with E-state index in [1.54, 1.807) is 6.26 Å². The first-order valence-electron chi connectivity index (χ1n) is 6.26. The summed E-state index contributed by atoms with van der Waals surface area (Å²) in [7, 11) is 0. The predicted octanol–water partition coefficient (Wildman–Crippen LogP) is 2.47. The van der Waals surface area contributed by atoms with Gasteiger partial charge in [0.05, 0.1) is 18.4 Å². The normalized spacial score (nSPS) is 27.9. The molecule has 1 spiro atoms. The van der Waals surface area contributed by atoms with Crippen LogP contribution in [0.3, 0.4) is 0 Å². The van der Waals surface area contributed by atoms with Crippen LogP contribution in [0.1, 0.15) is 37.9 Å². The van der Waals surface area contributed by atoms with Gasteiger partial charge in [-0.05, 0) is 44.2 Å². The zero-order valence-corrected chi connectivity index (χ0v) is 9.58. The van der Waals surface area contributed by atoms with E-state index < -0.39 is 0 Å². The molecule has 2 aliphatic rings. The Labute approximate surface area is 96.2 Å². The molecule has 1 unspecified atom stereocenters. The SMILES string of the molecule is c1coc(CNC2CCOC3(CCC3)C2)c1. The standard InChI is InChI=1S/C13H19NO2/c1-3-12(15-7-1)10-14-11-4-8-16-13(9-11)5-2-6-13/h1,3,7,11,14H,2,4-6,8-10H2. The lowest BCUT2D eigenvalue weighted by molar-refractivity contribution is -0.135. The summed E-state index contributed by atoms with van der Waals surface area (Å²) in [5, 5.41) is 3.57. The first kappa shape index (κ1) is 10.4. The van der Waals surface area contributed by atoms with E-state index in [1.807, 2.05) is 12.1 Å². The second-order valence-electron chi connectivity index (χ2n) is 5.04. The quantitative estimate of drug-likeness (QED) is 0.851. The number of hydrogen-bond acceptors (Lipinski definition) is 3. The van der Waals surface area contributed by atoms with Crippen molar-refractivity contribution in [2.24, 2.45) is 0 Å². The van der Waals surface area contributed by atoms with Crippen LogP contribution in [0.5, 0.6) is 0 Å². The monoisotopic (exact) mass is 221 g/mol. The van der Waals surface area contributed by atoms with Crippen LogP contribution in [0, 0.1) is 0 Å². The third-order valence-corrected chi connectivity index (χ3v) is 3.90. The average molecular weight is 221 g/mol. The lowest BCUT2D eigenvalue weighted by Gasteiger charge is -2.47. The van der Waals surface area contributed by atoms with E-state index in [0.29, 0.717) is 6.04 Å². The van der Waals surface area contributed by atoms with Crippen molar-refractivity contribution in [1.29, 1.82) is 0 Å². The van der Waals surface area contributed by atoms with Crippen LogP contribution in [-0.4, -0.2) is 18.2 Å². The van der Waals surface area contributed by atoms with Crippen molar-refractivity contribution in [2.45, 2.75) is 50.3 Å². The van der Waals surface area contributed by atoms with Gasteiger partial charge in [-0.2, -0.15) is 0 Å². The summed E-state index contributed by atoms with van der Waals surface area (Å²) < 4.78 is 11.2. The topological polar surface area (TPSA) is 34.4 Å². The molecule has 1 atom stereocenters. The van der Waals surface area contributed by atoms with E-state index in [2.05, 4.69) is 5.32 Å². The molecule has 0 amide bonds. The minimum Gasteiger partial charge on any atom is -0.468 e. The fourth-order valence-electron chi connectivity index (χ4n) is 2.78. The molecule has 1 aromatic heterocycles. The molecule has 1 aromatic rings. The molecular formula is C13H19NO2. The van der Waals surface area contributed by atoms with Gasteiger partial charge in [0, 0.05) is 12.6 Å². The number of nitrogens with one attached hydrogen (secondary N) is 1. The summed E-state index contributed by atoms with van der Waals surface area (Å²) in [6.07, 6.45) is 7.88. The molecule has 88 valence electrons. The highest BCUT2D eigenvalue weighted by Crippen LogP contribution is 2.42. The average Bonchev–Trinajstić information content (AvgIpc) is 2.77. The second kappa shape index (κ2) is 4.22. The van der Waals surface area contributed by atoms with Crippen molar-refractivity contribution in [3.63, 3.8) is 0 Å². The van der Waals surface area contributed by atoms with Crippen LogP contribution < -0.4 is 5.32 Å². The van der Waals surface area contributed by atoms with Gasteiger partial charge in [-0.3, -0.25) is 0 Å². The molecule has 0 bridgehead atoms. The van der Waals surface area contributed by atoms with Gasteiger partial charge in [-0.1, -0.05) is 0 Å². The summed E-state index contributed by atoms with van der Waals surface area (Å²) in [5.41, 5.74) is 0.235. The fourth-order valence-corrected chi connectivity index (χ4v) is 2.78. The summed E-state index contributed by atoms with van der Waals surface area (Å²) in [5.74, 6) is 1.02. The van der Waals surface area contributed by atoms with Gasteiger partial charge in [0.1, 0.15) is 5.76 Å². The van der Waals surface area contributed by atoms with Crippen LogP contribution in [0.15, 0.2) is 22.8 Å². The first-order chi connectivity index (χ1) is 7.86. The molecule has 1 aliphatic heterocycles. The highest BCUT2D eigenvalue weighted by molar-refractivity contribution is 5.00.